The fourth-order valence-corrected chi connectivity index (χ4v) is 2.33. The van der Waals surface area contributed by atoms with Crippen LogP contribution in [0, 0.1) is 10.1 Å². The Morgan fingerprint density at radius 2 is 2.00 bits per heavy atom. The molecule has 0 bridgehead atoms. The van der Waals surface area contributed by atoms with Crippen LogP contribution in [0.4, 0.5) is 20.2 Å². The van der Waals surface area contributed by atoms with Gasteiger partial charge in [-0.25, -0.2) is 8.78 Å². The Morgan fingerprint density at radius 3 is 2.62 bits per heavy atom. The minimum absolute atomic E-state index is 0.0275. The molecule has 2 aromatic carbocycles. The van der Waals surface area contributed by atoms with Crippen LogP contribution in [0.3, 0.4) is 0 Å². The van der Waals surface area contributed by atoms with Crippen molar-refractivity contribution in [3.63, 3.8) is 0 Å². The zero-order valence-corrected chi connectivity index (χ0v) is 12.3. The molecule has 0 unspecified atom stereocenters. The fourth-order valence-electron chi connectivity index (χ4n) is 1.81. The number of hydrogen-bond donors (Lipinski definition) is 1. The Hall–Kier alpha value is -2.02. The number of halogens is 3. The van der Waals surface area contributed by atoms with E-state index in [4.69, 9.17) is 0 Å². The highest BCUT2D eigenvalue weighted by Gasteiger charge is 2.11. The highest BCUT2D eigenvalue weighted by molar-refractivity contribution is 9.10. The van der Waals surface area contributed by atoms with Crippen molar-refractivity contribution in [3.05, 3.63) is 68.2 Å². The molecular formula is C14H11BrF2N2O2. The smallest absolute Gasteiger partial charge is 0.283 e. The quantitative estimate of drug-likeness (QED) is 0.611. The van der Waals surface area contributed by atoms with Crippen LogP contribution in [-0.4, -0.2) is 4.92 Å². The van der Waals surface area contributed by atoms with Crippen LogP contribution in [0.1, 0.15) is 17.6 Å². The summed E-state index contributed by atoms with van der Waals surface area (Å²) in [6.45, 7) is 0.352. The van der Waals surface area contributed by atoms with Gasteiger partial charge in [-0.05, 0) is 39.7 Å². The maximum atomic E-state index is 12.6. The van der Waals surface area contributed by atoms with Gasteiger partial charge in [-0.1, -0.05) is 18.2 Å². The van der Waals surface area contributed by atoms with Crippen molar-refractivity contribution in [2.75, 3.05) is 5.32 Å². The average Bonchev–Trinajstić information content (AvgIpc) is 2.45. The van der Waals surface area contributed by atoms with Gasteiger partial charge in [-0.2, -0.15) is 0 Å². The zero-order valence-electron chi connectivity index (χ0n) is 10.7. The minimum Gasteiger partial charge on any atom is -0.381 e. The van der Waals surface area contributed by atoms with Gasteiger partial charge in [0, 0.05) is 23.9 Å². The van der Waals surface area contributed by atoms with Crippen LogP contribution in [-0.2, 0) is 6.54 Å². The molecule has 21 heavy (non-hydrogen) atoms. The Kier molecular flexibility index (Phi) is 4.85. The van der Waals surface area contributed by atoms with Crippen LogP contribution < -0.4 is 5.32 Å². The van der Waals surface area contributed by atoms with Crippen LogP contribution in [0.2, 0.25) is 0 Å². The largest absolute Gasteiger partial charge is 0.381 e. The predicted molar refractivity (Wildman–Crippen MR) is 79.5 cm³/mol. The van der Waals surface area contributed by atoms with Gasteiger partial charge < -0.3 is 5.32 Å². The summed E-state index contributed by atoms with van der Waals surface area (Å²) in [7, 11) is 0. The van der Waals surface area contributed by atoms with Gasteiger partial charge in [-0.3, -0.25) is 10.1 Å². The average molecular weight is 357 g/mol. The number of benzene rings is 2. The number of nitrogens with one attached hydrogen (secondary N) is 1. The number of nitrogens with zero attached hydrogens (tertiary/aromatic N) is 1. The monoisotopic (exact) mass is 356 g/mol. The number of alkyl halides is 2. The SMILES string of the molecule is O=[N+]([O-])c1ccc(NCc2cccc(C(F)F)c2)cc1Br. The number of anilines is 1. The van der Waals surface area contributed by atoms with Crippen molar-refractivity contribution >= 4 is 27.3 Å². The van der Waals surface area contributed by atoms with Gasteiger partial charge >= 0.3 is 0 Å². The normalized spacial score (nSPS) is 10.7. The zero-order chi connectivity index (χ0) is 15.4. The first kappa shape index (κ1) is 15.4. The van der Waals surface area contributed by atoms with E-state index in [2.05, 4.69) is 21.2 Å². The Labute approximate surface area is 128 Å². The molecule has 2 rings (SSSR count). The molecule has 0 aliphatic heterocycles. The minimum atomic E-state index is -2.50. The molecule has 1 N–H and O–H groups in total. The van der Waals surface area contributed by atoms with E-state index in [-0.39, 0.29) is 11.3 Å². The van der Waals surface area contributed by atoms with Crippen LogP contribution in [0.25, 0.3) is 0 Å². The number of hydrogen-bond acceptors (Lipinski definition) is 3. The van der Waals surface area contributed by atoms with E-state index >= 15 is 0 Å². The third-order valence-electron chi connectivity index (χ3n) is 2.84. The third-order valence-corrected chi connectivity index (χ3v) is 3.48. The third kappa shape index (κ3) is 3.98. The summed E-state index contributed by atoms with van der Waals surface area (Å²) in [6.07, 6.45) is -2.50. The topological polar surface area (TPSA) is 55.2 Å². The van der Waals surface area contributed by atoms with E-state index in [1.807, 2.05) is 0 Å². The van der Waals surface area contributed by atoms with E-state index in [1.54, 1.807) is 24.3 Å². The second-order valence-electron chi connectivity index (χ2n) is 4.32. The molecule has 0 saturated carbocycles. The van der Waals surface area contributed by atoms with Gasteiger partial charge in [0.15, 0.2) is 0 Å². The van der Waals surface area contributed by atoms with Gasteiger partial charge in [-0.15, -0.1) is 0 Å². The first-order chi connectivity index (χ1) is 9.97. The summed E-state index contributed by atoms with van der Waals surface area (Å²) in [5.41, 5.74) is 1.32. The maximum Gasteiger partial charge on any atom is 0.283 e. The first-order valence-electron chi connectivity index (χ1n) is 6.02. The Balaban J connectivity index is 2.08. The highest BCUT2D eigenvalue weighted by Crippen LogP contribution is 2.28. The summed E-state index contributed by atoms with van der Waals surface area (Å²) in [5.74, 6) is 0. The van der Waals surface area contributed by atoms with Crippen molar-refractivity contribution in [1.82, 2.24) is 0 Å². The van der Waals surface area contributed by atoms with E-state index < -0.39 is 11.3 Å². The van der Waals surface area contributed by atoms with Crippen LogP contribution in [0.5, 0.6) is 0 Å². The predicted octanol–water partition coefficient (Wildman–Crippen LogP) is 4.91. The first-order valence-corrected chi connectivity index (χ1v) is 6.81. The summed E-state index contributed by atoms with van der Waals surface area (Å²) < 4.78 is 25.5. The summed E-state index contributed by atoms with van der Waals surface area (Å²) in [5, 5.41) is 13.7. The summed E-state index contributed by atoms with van der Waals surface area (Å²) >= 11 is 3.12. The Bertz CT molecular complexity index is 665. The maximum absolute atomic E-state index is 12.6. The van der Waals surface area contributed by atoms with Crippen LogP contribution in [0.15, 0.2) is 46.9 Å². The lowest BCUT2D eigenvalue weighted by Gasteiger charge is -2.08. The second-order valence-corrected chi connectivity index (χ2v) is 5.18. The summed E-state index contributed by atoms with van der Waals surface area (Å²) in [6, 6.07) is 10.6. The molecule has 0 fully saturated rings. The molecule has 7 heteroatoms. The lowest BCUT2D eigenvalue weighted by molar-refractivity contribution is -0.385. The van der Waals surface area contributed by atoms with E-state index in [9.17, 15) is 18.9 Å². The number of nitro groups is 1. The molecule has 2 aromatic rings. The van der Waals surface area contributed by atoms with E-state index in [0.29, 0.717) is 22.3 Å². The lowest BCUT2D eigenvalue weighted by Crippen LogP contribution is -2.00. The molecule has 0 aliphatic rings. The second kappa shape index (κ2) is 6.62. The van der Waals surface area contributed by atoms with Crippen molar-refractivity contribution in [3.8, 4) is 0 Å². The number of rotatable bonds is 5. The van der Waals surface area contributed by atoms with E-state index in [0.717, 1.165) is 0 Å². The molecule has 0 aromatic heterocycles. The molecule has 0 radical (unpaired) electrons. The highest BCUT2D eigenvalue weighted by atomic mass is 79.9. The molecular weight excluding hydrogens is 346 g/mol. The molecule has 0 atom stereocenters. The standard InChI is InChI=1S/C14H11BrF2N2O2/c15-12-7-11(4-5-13(12)19(20)21)18-8-9-2-1-3-10(6-9)14(16)17/h1-7,14,18H,8H2. The molecule has 0 aliphatic carbocycles. The summed E-state index contributed by atoms with van der Waals surface area (Å²) in [4.78, 5) is 10.2. The van der Waals surface area contributed by atoms with Crippen molar-refractivity contribution in [2.24, 2.45) is 0 Å². The fraction of sp³-hybridized carbons (Fsp3) is 0.143. The molecule has 4 nitrogen and oxygen atoms in total. The van der Waals surface area contributed by atoms with Crippen molar-refractivity contribution in [1.29, 1.82) is 0 Å². The van der Waals surface area contributed by atoms with Gasteiger partial charge in [0.05, 0.1) is 9.40 Å². The van der Waals surface area contributed by atoms with Gasteiger partial charge in [0.25, 0.3) is 12.1 Å². The van der Waals surface area contributed by atoms with E-state index in [1.165, 1.54) is 18.2 Å². The Morgan fingerprint density at radius 1 is 1.24 bits per heavy atom. The molecule has 0 heterocycles. The molecule has 0 amide bonds. The van der Waals surface area contributed by atoms with Crippen LogP contribution >= 0.6 is 15.9 Å². The van der Waals surface area contributed by atoms with Gasteiger partial charge in [0.1, 0.15) is 0 Å². The molecule has 110 valence electrons. The number of nitro benzene ring substituents is 1. The van der Waals surface area contributed by atoms with Gasteiger partial charge in [0.2, 0.25) is 0 Å². The van der Waals surface area contributed by atoms with Crippen molar-refractivity contribution < 1.29 is 13.7 Å². The molecule has 0 spiro atoms. The lowest BCUT2D eigenvalue weighted by atomic mass is 10.1. The molecule has 0 saturated heterocycles. The van der Waals surface area contributed by atoms with Crippen molar-refractivity contribution in [2.45, 2.75) is 13.0 Å².